The van der Waals surface area contributed by atoms with E-state index in [1.807, 2.05) is 19.9 Å². The highest BCUT2D eigenvalue weighted by Crippen LogP contribution is 2.25. The van der Waals surface area contributed by atoms with Crippen LogP contribution in [0.3, 0.4) is 0 Å². The fourth-order valence-corrected chi connectivity index (χ4v) is 4.02. The first-order chi connectivity index (χ1) is 12.3. The van der Waals surface area contributed by atoms with Gasteiger partial charge in [-0.1, -0.05) is 25.1 Å². The summed E-state index contributed by atoms with van der Waals surface area (Å²) in [5.41, 5.74) is 1.95. The monoisotopic (exact) mass is 377 g/mol. The molecule has 1 atom stereocenters. The van der Waals surface area contributed by atoms with Crippen molar-refractivity contribution < 1.29 is 17.7 Å². The Balaban J connectivity index is 1.83. The minimum absolute atomic E-state index is 0.0273. The predicted molar refractivity (Wildman–Crippen MR) is 97.1 cm³/mol. The molecule has 8 heteroatoms. The topological polar surface area (TPSA) is 92.5 Å². The number of hydrogen-bond donors (Lipinski definition) is 1. The van der Waals surface area contributed by atoms with Gasteiger partial charge in [0, 0.05) is 25.1 Å². The molecule has 1 aliphatic rings. The molecule has 0 fully saturated rings. The van der Waals surface area contributed by atoms with Gasteiger partial charge in [-0.25, -0.2) is 8.42 Å². The molecule has 1 aliphatic heterocycles. The van der Waals surface area contributed by atoms with Gasteiger partial charge in [0.05, 0.1) is 4.90 Å². The Hall–Kier alpha value is -2.35. The second kappa shape index (κ2) is 7.11. The average molecular weight is 377 g/mol. The van der Waals surface area contributed by atoms with Crippen molar-refractivity contribution in [2.75, 3.05) is 11.3 Å². The number of hydrogen-bond acceptors (Lipinski definition) is 5. The molecule has 26 heavy (non-hydrogen) atoms. The summed E-state index contributed by atoms with van der Waals surface area (Å²) >= 11 is 0. The SMILES string of the molecule is CCC(C)C(=O)N1CCc2ccc(S(=O)(=O)Nc3cc(C)on3)cc2C1. The van der Waals surface area contributed by atoms with Gasteiger partial charge in [-0.3, -0.25) is 9.52 Å². The van der Waals surface area contributed by atoms with Gasteiger partial charge in [0.25, 0.3) is 10.0 Å². The molecule has 0 bridgehead atoms. The van der Waals surface area contributed by atoms with Crippen LogP contribution < -0.4 is 4.72 Å². The van der Waals surface area contributed by atoms with Crippen LogP contribution in [-0.4, -0.2) is 30.9 Å². The van der Waals surface area contributed by atoms with Gasteiger partial charge in [-0.15, -0.1) is 0 Å². The number of rotatable bonds is 5. The van der Waals surface area contributed by atoms with E-state index in [1.54, 1.807) is 24.0 Å². The summed E-state index contributed by atoms with van der Waals surface area (Å²) < 4.78 is 32.5. The summed E-state index contributed by atoms with van der Waals surface area (Å²) in [6.07, 6.45) is 1.52. The van der Waals surface area contributed by atoms with Crippen molar-refractivity contribution in [1.82, 2.24) is 10.1 Å². The third-order valence-electron chi connectivity index (χ3n) is 4.71. The highest BCUT2D eigenvalue weighted by molar-refractivity contribution is 7.92. The number of benzene rings is 1. The van der Waals surface area contributed by atoms with Gasteiger partial charge in [0.15, 0.2) is 5.82 Å². The van der Waals surface area contributed by atoms with Gasteiger partial charge in [0.2, 0.25) is 5.91 Å². The molecule has 0 radical (unpaired) electrons. The maximum atomic E-state index is 12.6. The Bertz CT molecular complexity index is 920. The van der Waals surface area contributed by atoms with Crippen molar-refractivity contribution in [3.63, 3.8) is 0 Å². The summed E-state index contributed by atoms with van der Waals surface area (Å²) in [6.45, 7) is 6.70. The van der Waals surface area contributed by atoms with Crippen LogP contribution >= 0.6 is 0 Å². The molecule has 0 spiro atoms. The molecule has 140 valence electrons. The van der Waals surface area contributed by atoms with Crippen molar-refractivity contribution in [3.05, 3.63) is 41.2 Å². The standard InChI is InChI=1S/C18H23N3O4S/c1-4-12(2)18(22)21-8-7-14-5-6-16(10-15(14)11-21)26(23,24)20-17-9-13(3)25-19-17/h5-6,9-10,12H,4,7-8,11H2,1-3H3,(H,19,20). The Labute approximate surface area is 153 Å². The largest absolute Gasteiger partial charge is 0.360 e. The first-order valence-corrected chi connectivity index (χ1v) is 10.1. The fourth-order valence-electron chi connectivity index (χ4n) is 2.99. The van der Waals surface area contributed by atoms with Crippen LogP contribution in [0.1, 0.15) is 37.2 Å². The third kappa shape index (κ3) is 3.75. The summed E-state index contributed by atoms with van der Waals surface area (Å²) in [5, 5.41) is 3.66. The third-order valence-corrected chi connectivity index (χ3v) is 6.07. The number of aromatic nitrogens is 1. The van der Waals surface area contributed by atoms with E-state index in [-0.39, 0.29) is 22.5 Å². The quantitative estimate of drug-likeness (QED) is 0.865. The van der Waals surface area contributed by atoms with Crippen LogP contribution in [0, 0.1) is 12.8 Å². The predicted octanol–water partition coefficient (Wildman–Crippen LogP) is 2.71. The molecule has 1 N–H and O–H groups in total. The smallest absolute Gasteiger partial charge is 0.263 e. The molecule has 7 nitrogen and oxygen atoms in total. The van der Waals surface area contributed by atoms with Crippen molar-refractivity contribution in [2.24, 2.45) is 5.92 Å². The summed E-state index contributed by atoms with van der Waals surface area (Å²) in [6, 6.07) is 6.56. The Morgan fingerprint density at radius 2 is 2.12 bits per heavy atom. The zero-order valence-corrected chi connectivity index (χ0v) is 16.0. The van der Waals surface area contributed by atoms with Crippen LogP contribution in [0.2, 0.25) is 0 Å². The lowest BCUT2D eigenvalue weighted by atomic mass is 9.98. The molecule has 1 aromatic carbocycles. The lowest BCUT2D eigenvalue weighted by Gasteiger charge is -2.31. The van der Waals surface area contributed by atoms with E-state index in [0.717, 1.165) is 24.0 Å². The zero-order chi connectivity index (χ0) is 18.9. The zero-order valence-electron chi connectivity index (χ0n) is 15.2. The van der Waals surface area contributed by atoms with Crippen molar-refractivity contribution in [3.8, 4) is 0 Å². The molecule has 0 saturated carbocycles. The first-order valence-electron chi connectivity index (χ1n) is 8.67. The van der Waals surface area contributed by atoms with Crippen molar-refractivity contribution in [1.29, 1.82) is 0 Å². The van der Waals surface area contributed by atoms with E-state index in [1.165, 1.54) is 6.07 Å². The molecular weight excluding hydrogens is 354 g/mol. The molecule has 1 amide bonds. The van der Waals surface area contributed by atoms with Gasteiger partial charge < -0.3 is 9.42 Å². The van der Waals surface area contributed by atoms with Gasteiger partial charge in [-0.2, -0.15) is 0 Å². The Kier molecular flexibility index (Phi) is 5.04. The van der Waals surface area contributed by atoms with Crippen molar-refractivity contribution >= 4 is 21.7 Å². The summed E-state index contributed by atoms with van der Waals surface area (Å²) in [4.78, 5) is 14.4. The fraction of sp³-hybridized carbons (Fsp3) is 0.444. The first kappa shape index (κ1) is 18.4. The molecule has 1 aromatic heterocycles. The normalized spacial score (nSPS) is 15.4. The van der Waals surface area contributed by atoms with E-state index in [4.69, 9.17) is 4.52 Å². The second-order valence-electron chi connectivity index (χ2n) is 6.68. The lowest BCUT2D eigenvalue weighted by Crippen LogP contribution is -2.39. The molecular formula is C18H23N3O4S. The molecule has 0 aliphatic carbocycles. The number of aryl methyl sites for hydroxylation is 1. The maximum Gasteiger partial charge on any atom is 0.263 e. The number of fused-ring (bicyclic) bond motifs is 1. The number of carbonyl (C=O) groups is 1. The summed E-state index contributed by atoms with van der Waals surface area (Å²) in [5.74, 6) is 0.754. The molecule has 0 saturated heterocycles. The van der Waals surface area contributed by atoms with E-state index in [0.29, 0.717) is 18.8 Å². The van der Waals surface area contributed by atoms with Crippen LogP contribution in [0.25, 0.3) is 0 Å². The van der Waals surface area contributed by atoms with E-state index >= 15 is 0 Å². The minimum atomic E-state index is -3.77. The Morgan fingerprint density at radius 3 is 2.77 bits per heavy atom. The maximum absolute atomic E-state index is 12.6. The van der Waals surface area contributed by atoms with Crippen LogP contribution in [-0.2, 0) is 27.8 Å². The second-order valence-corrected chi connectivity index (χ2v) is 8.36. The number of anilines is 1. The van der Waals surface area contributed by atoms with Gasteiger partial charge in [0.1, 0.15) is 5.76 Å². The van der Waals surface area contributed by atoms with E-state index in [9.17, 15) is 13.2 Å². The molecule has 3 rings (SSSR count). The lowest BCUT2D eigenvalue weighted by molar-refractivity contribution is -0.136. The van der Waals surface area contributed by atoms with Gasteiger partial charge >= 0.3 is 0 Å². The van der Waals surface area contributed by atoms with E-state index in [2.05, 4.69) is 9.88 Å². The number of carbonyl (C=O) groups excluding carboxylic acids is 1. The van der Waals surface area contributed by atoms with Crippen LogP contribution in [0.5, 0.6) is 0 Å². The number of nitrogens with one attached hydrogen (secondary N) is 1. The highest BCUT2D eigenvalue weighted by atomic mass is 32.2. The van der Waals surface area contributed by atoms with Crippen molar-refractivity contribution in [2.45, 2.75) is 45.1 Å². The highest BCUT2D eigenvalue weighted by Gasteiger charge is 2.25. The van der Waals surface area contributed by atoms with Gasteiger partial charge in [-0.05, 0) is 43.0 Å². The summed E-state index contributed by atoms with van der Waals surface area (Å²) in [7, 11) is -3.77. The minimum Gasteiger partial charge on any atom is -0.360 e. The average Bonchev–Trinajstić information content (AvgIpc) is 3.03. The van der Waals surface area contributed by atoms with Crippen LogP contribution in [0.4, 0.5) is 5.82 Å². The number of sulfonamides is 1. The molecule has 2 heterocycles. The molecule has 2 aromatic rings. The number of amides is 1. The number of nitrogens with zero attached hydrogens (tertiary/aromatic N) is 2. The van der Waals surface area contributed by atoms with Crippen LogP contribution in [0.15, 0.2) is 33.7 Å². The van der Waals surface area contributed by atoms with E-state index < -0.39 is 10.0 Å². The Morgan fingerprint density at radius 1 is 1.35 bits per heavy atom. The molecule has 1 unspecified atom stereocenters.